The fourth-order valence-electron chi connectivity index (χ4n) is 2.02. The summed E-state index contributed by atoms with van der Waals surface area (Å²) in [5.41, 5.74) is 1.92. The number of hydrogen-bond donors (Lipinski definition) is 1. The minimum Gasteiger partial charge on any atom is -0.299 e. The molecule has 1 unspecified atom stereocenters. The third-order valence-corrected chi connectivity index (χ3v) is 2.64. The van der Waals surface area contributed by atoms with Gasteiger partial charge in [0.25, 0.3) is 0 Å². The molecule has 0 aromatic heterocycles. The van der Waals surface area contributed by atoms with E-state index in [0.29, 0.717) is 6.54 Å². The van der Waals surface area contributed by atoms with Crippen molar-refractivity contribution in [2.24, 2.45) is 0 Å². The Labute approximate surface area is 83.3 Å². The SMILES string of the molecule is C#CCNC1CCc2cccc(F)c21. The van der Waals surface area contributed by atoms with Gasteiger partial charge in [-0.25, -0.2) is 4.39 Å². The quantitative estimate of drug-likeness (QED) is 0.702. The topological polar surface area (TPSA) is 12.0 Å². The molecule has 1 N–H and O–H groups in total. The Hall–Kier alpha value is -1.33. The molecule has 14 heavy (non-hydrogen) atoms. The van der Waals surface area contributed by atoms with E-state index in [-0.39, 0.29) is 11.9 Å². The lowest BCUT2D eigenvalue weighted by Gasteiger charge is -2.12. The molecule has 0 saturated heterocycles. The molecule has 0 heterocycles. The Morgan fingerprint density at radius 3 is 3.21 bits per heavy atom. The molecule has 2 rings (SSSR count). The van der Waals surface area contributed by atoms with Crippen LogP contribution in [-0.2, 0) is 6.42 Å². The molecular formula is C12H12FN. The zero-order valence-electron chi connectivity index (χ0n) is 7.89. The summed E-state index contributed by atoms with van der Waals surface area (Å²) < 4.78 is 13.5. The lowest BCUT2D eigenvalue weighted by Crippen LogP contribution is -2.20. The van der Waals surface area contributed by atoms with Gasteiger partial charge in [-0.2, -0.15) is 0 Å². The molecule has 1 atom stereocenters. The van der Waals surface area contributed by atoms with Crippen LogP contribution in [0.5, 0.6) is 0 Å². The molecule has 72 valence electrons. The van der Waals surface area contributed by atoms with E-state index in [0.717, 1.165) is 24.0 Å². The van der Waals surface area contributed by atoms with Crippen molar-refractivity contribution in [1.82, 2.24) is 5.32 Å². The van der Waals surface area contributed by atoms with Crippen LogP contribution in [0.4, 0.5) is 4.39 Å². The third-order valence-electron chi connectivity index (χ3n) is 2.64. The van der Waals surface area contributed by atoms with Gasteiger partial charge in [0.15, 0.2) is 0 Å². The standard InChI is InChI=1S/C12H12FN/c1-2-8-14-11-7-6-9-4-3-5-10(13)12(9)11/h1,3-5,11,14H,6-8H2. The molecule has 0 aliphatic heterocycles. The van der Waals surface area contributed by atoms with Crippen LogP contribution in [0.25, 0.3) is 0 Å². The highest BCUT2D eigenvalue weighted by molar-refractivity contribution is 5.35. The van der Waals surface area contributed by atoms with Crippen molar-refractivity contribution >= 4 is 0 Å². The second-order valence-electron chi connectivity index (χ2n) is 3.49. The van der Waals surface area contributed by atoms with E-state index >= 15 is 0 Å². The summed E-state index contributed by atoms with van der Waals surface area (Å²) in [5, 5.41) is 3.15. The molecule has 1 aliphatic rings. The molecule has 1 nitrogen and oxygen atoms in total. The van der Waals surface area contributed by atoms with Gasteiger partial charge in [0.2, 0.25) is 0 Å². The van der Waals surface area contributed by atoms with Crippen LogP contribution in [0.2, 0.25) is 0 Å². The van der Waals surface area contributed by atoms with Crippen molar-refractivity contribution in [1.29, 1.82) is 0 Å². The zero-order valence-corrected chi connectivity index (χ0v) is 7.89. The molecule has 0 amide bonds. The predicted molar refractivity (Wildman–Crippen MR) is 54.3 cm³/mol. The number of benzene rings is 1. The number of aryl methyl sites for hydroxylation is 1. The monoisotopic (exact) mass is 189 g/mol. The normalized spacial score (nSPS) is 19.0. The minimum atomic E-state index is -0.116. The van der Waals surface area contributed by atoms with Gasteiger partial charge in [-0.1, -0.05) is 18.1 Å². The van der Waals surface area contributed by atoms with Gasteiger partial charge in [0.1, 0.15) is 5.82 Å². The second-order valence-corrected chi connectivity index (χ2v) is 3.49. The fourth-order valence-corrected chi connectivity index (χ4v) is 2.02. The number of fused-ring (bicyclic) bond motifs is 1. The van der Waals surface area contributed by atoms with Gasteiger partial charge in [-0.15, -0.1) is 6.42 Å². The lowest BCUT2D eigenvalue weighted by atomic mass is 10.1. The van der Waals surface area contributed by atoms with Gasteiger partial charge in [-0.05, 0) is 24.5 Å². The molecule has 0 saturated carbocycles. The molecule has 1 aromatic carbocycles. The van der Waals surface area contributed by atoms with Crippen LogP contribution in [0.1, 0.15) is 23.6 Å². The number of nitrogens with one attached hydrogen (secondary N) is 1. The Bertz CT molecular complexity index is 378. The summed E-state index contributed by atoms with van der Waals surface area (Å²) in [6.07, 6.45) is 7.04. The number of halogens is 1. The summed E-state index contributed by atoms with van der Waals surface area (Å²) in [6.45, 7) is 0.498. The highest BCUT2D eigenvalue weighted by atomic mass is 19.1. The van der Waals surface area contributed by atoms with E-state index in [1.54, 1.807) is 6.07 Å². The van der Waals surface area contributed by atoms with E-state index in [9.17, 15) is 4.39 Å². The van der Waals surface area contributed by atoms with Crippen LogP contribution >= 0.6 is 0 Å². The Morgan fingerprint density at radius 2 is 2.43 bits per heavy atom. The largest absolute Gasteiger partial charge is 0.299 e. The molecule has 2 heteroatoms. The molecule has 0 spiro atoms. The van der Waals surface area contributed by atoms with Crippen molar-refractivity contribution in [3.63, 3.8) is 0 Å². The lowest BCUT2D eigenvalue weighted by molar-refractivity contribution is 0.529. The molecule has 1 aliphatic carbocycles. The average Bonchev–Trinajstić information content (AvgIpc) is 2.59. The van der Waals surface area contributed by atoms with E-state index in [1.165, 1.54) is 6.07 Å². The Balaban J connectivity index is 2.25. The first-order valence-corrected chi connectivity index (χ1v) is 4.77. The average molecular weight is 189 g/mol. The van der Waals surface area contributed by atoms with E-state index < -0.39 is 0 Å². The van der Waals surface area contributed by atoms with Crippen LogP contribution < -0.4 is 5.32 Å². The summed E-state index contributed by atoms with van der Waals surface area (Å²) >= 11 is 0. The Kier molecular flexibility index (Phi) is 2.51. The maximum absolute atomic E-state index is 13.5. The molecule has 0 bridgehead atoms. The second kappa shape index (κ2) is 3.81. The first-order chi connectivity index (χ1) is 6.83. The van der Waals surface area contributed by atoms with Crippen molar-refractivity contribution in [3.8, 4) is 12.3 Å². The first-order valence-electron chi connectivity index (χ1n) is 4.77. The van der Waals surface area contributed by atoms with Crippen molar-refractivity contribution in [2.45, 2.75) is 18.9 Å². The van der Waals surface area contributed by atoms with Gasteiger partial charge >= 0.3 is 0 Å². The first kappa shape index (κ1) is 9.23. The van der Waals surface area contributed by atoms with E-state index in [4.69, 9.17) is 6.42 Å². The molecule has 0 fully saturated rings. The summed E-state index contributed by atoms with van der Waals surface area (Å²) in [7, 11) is 0. The maximum atomic E-state index is 13.5. The van der Waals surface area contributed by atoms with Gasteiger partial charge in [0, 0.05) is 11.6 Å². The maximum Gasteiger partial charge on any atom is 0.128 e. The van der Waals surface area contributed by atoms with Gasteiger partial charge in [0.05, 0.1) is 6.54 Å². The summed E-state index contributed by atoms with van der Waals surface area (Å²) in [4.78, 5) is 0. The van der Waals surface area contributed by atoms with Crippen LogP contribution in [0, 0.1) is 18.2 Å². The van der Waals surface area contributed by atoms with Gasteiger partial charge < -0.3 is 0 Å². The summed E-state index contributed by atoms with van der Waals surface area (Å²) in [5.74, 6) is 2.40. The number of hydrogen-bond acceptors (Lipinski definition) is 1. The molecule has 1 aromatic rings. The third kappa shape index (κ3) is 1.51. The minimum absolute atomic E-state index is 0.0993. The predicted octanol–water partition coefficient (Wildman–Crippen LogP) is 2.04. The summed E-state index contributed by atoms with van der Waals surface area (Å²) in [6, 6.07) is 5.35. The zero-order chi connectivity index (χ0) is 9.97. The smallest absolute Gasteiger partial charge is 0.128 e. The number of rotatable bonds is 2. The van der Waals surface area contributed by atoms with Crippen LogP contribution in [-0.4, -0.2) is 6.54 Å². The highest BCUT2D eigenvalue weighted by Gasteiger charge is 2.24. The van der Waals surface area contributed by atoms with E-state index in [2.05, 4.69) is 11.2 Å². The fraction of sp³-hybridized carbons (Fsp3) is 0.333. The van der Waals surface area contributed by atoms with E-state index in [1.807, 2.05) is 6.07 Å². The van der Waals surface area contributed by atoms with Crippen molar-refractivity contribution in [2.75, 3.05) is 6.54 Å². The molecule has 0 radical (unpaired) electrons. The molecular weight excluding hydrogens is 177 g/mol. The number of terminal acetylenes is 1. The van der Waals surface area contributed by atoms with Crippen molar-refractivity contribution in [3.05, 3.63) is 35.1 Å². The highest BCUT2D eigenvalue weighted by Crippen LogP contribution is 2.32. The Morgan fingerprint density at radius 1 is 1.57 bits per heavy atom. The van der Waals surface area contributed by atoms with Crippen LogP contribution in [0.15, 0.2) is 18.2 Å². The van der Waals surface area contributed by atoms with Crippen LogP contribution in [0.3, 0.4) is 0 Å². The van der Waals surface area contributed by atoms with Crippen molar-refractivity contribution < 1.29 is 4.39 Å². The van der Waals surface area contributed by atoms with Gasteiger partial charge in [-0.3, -0.25) is 5.32 Å².